The Bertz CT molecular complexity index is 625. The molecule has 0 fully saturated rings. The summed E-state index contributed by atoms with van der Waals surface area (Å²) in [5.74, 6) is -0.0572. The minimum atomic E-state index is -0.336. The molecule has 0 radical (unpaired) electrons. The second-order valence-electron chi connectivity index (χ2n) is 5.17. The predicted molar refractivity (Wildman–Crippen MR) is 84.4 cm³/mol. The molecule has 2 aromatic carbocycles. The fourth-order valence-electron chi connectivity index (χ4n) is 2.55. The Labute approximate surface area is 126 Å². The third kappa shape index (κ3) is 3.24. The maximum atomic E-state index is 13.6. The van der Waals surface area contributed by atoms with Gasteiger partial charge in [0, 0.05) is 0 Å². The highest BCUT2D eigenvalue weighted by atomic mass is 19.1. The van der Waals surface area contributed by atoms with Crippen LogP contribution in [0.15, 0.2) is 36.4 Å². The van der Waals surface area contributed by atoms with Crippen LogP contribution in [-0.2, 0) is 0 Å². The van der Waals surface area contributed by atoms with Gasteiger partial charge in [-0.2, -0.15) is 0 Å². The molecule has 2 aromatic rings. The van der Waals surface area contributed by atoms with Crippen molar-refractivity contribution in [2.24, 2.45) is 0 Å². The summed E-state index contributed by atoms with van der Waals surface area (Å²) in [5, 5.41) is 3.48. The van der Waals surface area contributed by atoms with E-state index in [-0.39, 0.29) is 17.6 Å². The molecule has 0 amide bonds. The van der Waals surface area contributed by atoms with Gasteiger partial charge in [0.2, 0.25) is 0 Å². The summed E-state index contributed by atoms with van der Waals surface area (Å²) in [6, 6.07) is 11.4. The van der Waals surface area contributed by atoms with Gasteiger partial charge in [-0.1, -0.05) is 31.2 Å². The molecule has 21 heavy (non-hydrogen) atoms. The molecule has 2 rings (SSSR count). The van der Waals surface area contributed by atoms with E-state index in [0.717, 1.165) is 12.1 Å². The molecule has 0 saturated heterocycles. The standard InChI is InChI=1S/C18H22FNO/c1-5-20-18(15-8-6-7-12(2)13(15)3)14-9-10-16(19)17(11-14)21-4/h6-11,18,20H,5H2,1-4H3. The Kier molecular flexibility index (Phi) is 4.97. The Morgan fingerprint density at radius 1 is 1.19 bits per heavy atom. The monoisotopic (exact) mass is 287 g/mol. The number of hydrogen-bond acceptors (Lipinski definition) is 2. The van der Waals surface area contributed by atoms with Crippen LogP contribution in [0.1, 0.15) is 35.2 Å². The van der Waals surface area contributed by atoms with E-state index < -0.39 is 0 Å². The van der Waals surface area contributed by atoms with E-state index in [1.165, 1.54) is 29.9 Å². The van der Waals surface area contributed by atoms with Gasteiger partial charge in [-0.05, 0) is 54.8 Å². The fourth-order valence-corrected chi connectivity index (χ4v) is 2.55. The molecule has 2 nitrogen and oxygen atoms in total. The van der Waals surface area contributed by atoms with Gasteiger partial charge in [-0.15, -0.1) is 0 Å². The molecule has 0 heterocycles. The van der Waals surface area contributed by atoms with Crippen LogP contribution >= 0.6 is 0 Å². The summed E-state index contributed by atoms with van der Waals surface area (Å²) in [5.41, 5.74) is 4.73. The lowest BCUT2D eigenvalue weighted by atomic mass is 9.92. The smallest absolute Gasteiger partial charge is 0.165 e. The Morgan fingerprint density at radius 2 is 1.95 bits per heavy atom. The third-order valence-electron chi connectivity index (χ3n) is 3.87. The molecular weight excluding hydrogens is 265 g/mol. The average molecular weight is 287 g/mol. The number of methoxy groups -OCH3 is 1. The molecule has 1 unspecified atom stereocenters. The van der Waals surface area contributed by atoms with E-state index >= 15 is 0 Å². The highest BCUT2D eigenvalue weighted by Crippen LogP contribution is 2.29. The van der Waals surface area contributed by atoms with Gasteiger partial charge >= 0.3 is 0 Å². The van der Waals surface area contributed by atoms with Gasteiger partial charge in [-0.25, -0.2) is 4.39 Å². The van der Waals surface area contributed by atoms with Crippen molar-refractivity contribution in [3.63, 3.8) is 0 Å². The number of rotatable bonds is 5. The van der Waals surface area contributed by atoms with Crippen molar-refractivity contribution in [1.29, 1.82) is 0 Å². The first-order chi connectivity index (χ1) is 10.1. The highest BCUT2D eigenvalue weighted by molar-refractivity contribution is 5.42. The zero-order valence-corrected chi connectivity index (χ0v) is 13.0. The summed E-state index contributed by atoms with van der Waals surface area (Å²) in [6.07, 6.45) is 0. The van der Waals surface area contributed by atoms with E-state index in [4.69, 9.17) is 4.74 Å². The molecule has 0 bridgehead atoms. The lowest BCUT2D eigenvalue weighted by molar-refractivity contribution is 0.385. The normalized spacial score (nSPS) is 12.2. The Hall–Kier alpha value is -1.87. The van der Waals surface area contributed by atoms with Gasteiger partial charge in [-0.3, -0.25) is 0 Å². The van der Waals surface area contributed by atoms with Crippen LogP contribution in [0.3, 0.4) is 0 Å². The van der Waals surface area contributed by atoms with Gasteiger partial charge < -0.3 is 10.1 Å². The van der Waals surface area contributed by atoms with Gasteiger partial charge in [0.15, 0.2) is 11.6 Å². The van der Waals surface area contributed by atoms with Crippen LogP contribution < -0.4 is 10.1 Å². The van der Waals surface area contributed by atoms with Crippen LogP contribution in [-0.4, -0.2) is 13.7 Å². The van der Waals surface area contributed by atoms with Gasteiger partial charge in [0.25, 0.3) is 0 Å². The maximum absolute atomic E-state index is 13.6. The van der Waals surface area contributed by atoms with Crippen molar-refractivity contribution in [2.45, 2.75) is 26.8 Å². The van der Waals surface area contributed by atoms with Crippen LogP contribution in [0, 0.1) is 19.7 Å². The number of nitrogens with one attached hydrogen (secondary N) is 1. The minimum Gasteiger partial charge on any atom is -0.494 e. The molecule has 0 saturated carbocycles. The molecular formula is C18H22FNO. The SMILES string of the molecule is CCNC(c1ccc(F)c(OC)c1)c1cccc(C)c1C. The van der Waals surface area contributed by atoms with Crippen molar-refractivity contribution in [2.75, 3.05) is 13.7 Å². The second-order valence-corrected chi connectivity index (χ2v) is 5.17. The lowest BCUT2D eigenvalue weighted by Crippen LogP contribution is -2.23. The van der Waals surface area contributed by atoms with E-state index in [2.05, 4.69) is 44.3 Å². The largest absolute Gasteiger partial charge is 0.494 e. The first kappa shape index (κ1) is 15.5. The van der Waals surface area contributed by atoms with Crippen molar-refractivity contribution >= 4 is 0 Å². The second kappa shape index (κ2) is 6.72. The third-order valence-corrected chi connectivity index (χ3v) is 3.87. The summed E-state index contributed by atoms with van der Waals surface area (Å²) in [4.78, 5) is 0. The van der Waals surface area contributed by atoms with E-state index in [9.17, 15) is 4.39 Å². The van der Waals surface area contributed by atoms with Crippen LogP contribution in [0.4, 0.5) is 4.39 Å². The summed E-state index contributed by atoms with van der Waals surface area (Å²) >= 11 is 0. The van der Waals surface area contributed by atoms with Crippen molar-refractivity contribution in [3.8, 4) is 5.75 Å². The number of hydrogen-bond donors (Lipinski definition) is 1. The fraction of sp³-hybridized carbons (Fsp3) is 0.333. The van der Waals surface area contributed by atoms with E-state index in [1.54, 1.807) is 6.07 Å². The first-order valence-electron chi connectivity index (χ1n) is 7.21. The van der Waals surface area contributed by atoms with Crippen LogP contribution in [0.25, 0.3) is 0 Å². The number of halogens is 1. The zero-order valence-electron chi connectivity index (χ0n) is 13.0. The molecule has 0 aromatic heterocycles. The molecule has 112 valence electrons. The maximum Gasteiger partial charge on any atom is 0.165 e. The Morgan fingerprint density at radius 3 is 2.62 bits per heavy atom. The zero-order chi connectivity index (χ0) is 15.4. The molecule has 1 N–H and O–H groups in total. The quantitative estimate of drug-likeness (QED) is 0.892. The van der Waals surface area contributed by atoms with Crippen molar-refractivity contribution in [1.82, 2.24) is 5.32 Å². The topological polar surface area (TPSA) is 21.3 Å². The first-order valence-corrected chi connectivity index (χ1v) is 7.21. The summed E-state index contributed by atoms with van der Waals surface area (Å²) < 4.78 is 18.7. The van der Waals surface area contributed by atoms with E-state index in [1.807, 2.05) is 6.07 Å². The molecule has 1 atom stereocenters. The molecule has 0 spiro atoms. The molecule has 3 heteroatoms. The lowest BCUT2D eigenvalue weighted by Gasteiger charge is -2.22. The molecule has 0 aliphatic heterocycles. The van der Waals surface area contributed by atoms with Crippen LogP contribution in [0.2, 0.25) is 0 Å². The predicted octanol–water partition coefficient (Wildman–Crippen LogP) is 4.15. The number of aryl methyl sites for hydroxylation is 1. The van der Waals surface area contributed by atoms with Gasteiger partial charge in [0.05, 0.1) is 13.2 Å². The molecule has 0 aliphatic carbocycles. The van der Waals surface area contributed by atoms with Crippen LogP contribution in [0.5, 0.6) is 5.75 Å². The average Bonchev–Trinajstić information content (AvgIpc) is 2.49. The Balaban J connectivity index is 2.50. The van der Waals surface area contributed by atoms with Gasteiger partial charge in [0.1, 0.15) is 0 Å². The number of ether oxygens (including phenoxy) is 1. The minimum absolute atomic E-state index is 0.0319. The number of benzene rings is 2. The van der Waals surface area contributed by atoms with E-state index in [0.29, 0.717) is 0 Å². The van der Waals surface area contributed by atoms with Crippen molar-refractivity contribution < 1.29 is 9.13 Å². The van der Waals surface area contributed by atoms with Crippen molar-refractivity contribution in [3.05, 3.63) is 64.5 Å². The summed E-state index contributed by atoms with van der Waals surface area (Å²) in [7, 11) is 1.49. The molecule has 0 aliphatic rings. The summed E-state index contributed by atoms with van der Waals surface area (Å²) in [6.45, 7) is 7.12. The highest BCUT2D eigenvalue weighted by Gasteiger charge is 2.17.